The molecule has 1 unspecified atom stereocenters. The lowest BCUT2D eigenvalue weighted by Crippen LogP contribution is -2.28. The number of aromatic hydroxyl groups is 1. The SMILES string of the molecule is CN(C)c1ccc(N2C(=O)CSC2c2c(O)ccc3ccccc23)cc1. The molecule has 4 rings (SSSR count). The highest BCUT2D eigenvalue weighted by Gasteiger charge is 2.36. The quantitative estimate of drug-likeness (QED) is 0.749. The molecule has 0 bridgehead atoms. The van der Waals surface area contributed by atoms with Gasteiger partial charge in [-0.3, -0.25) is 9.69 Å². The van der Waals surface area contributed by atoms with Crippen LogP contribution in [0.5, 0.6) is 5.75 Å². The molecule has 1 amide bonds. The molecular formula is C21H20N2O2S. The number of rotatable bonds is 3. The Hall–Kier alpha value is -2.66. The van der Waals surface area contributed by atoms with Crippen molar-refractivity contribution in [3.8, 4) is 5.75 Å². The summed E-state index contributed by atoms with van der Waals surface area (Å²) < 4.78 is 0. The van der Waals surface area contributed by atoms with Crippen LogP contribution in [0.15, 0.2) is 60.7 Å². The van der Waals surface area contributed by atoms with Crippen LogP contribution < -0.4 is 9.80 Å². The van der Waals surface area contributed by atoms with Crippen molar-refractivity contribution >= 4 is 39.8 Å². The summed E-state index contributed by atoms with van der Waals surface area (Å²) in [6, 6.07) is 19.5. The lowest BCUT2D eigenvalue weighted by Gasteiger charge is -2.26. The van der Waals surface area contributed by atoms with Gasteiger partial charge in [-0.1, -0.05) is 30.3 Å². The number of anilines is 2. The number of carbonyl (C=O) groups is 1. The fourth-order valence-electron chi connectivity index (χ4n) is 3.37. The number of hydrogen-bond acceptors (Lipinski definition) is 4. The molecular weight excluding hydrogens is 344 g/mol. The summed E-state index contributed by atoms with van der Waals surface area (Å²) in [5.74, 6) is 0.693. The van der Waals surface area contributed by atoms with Gasteiger partial charge in [0.2, 0.25) is 5.91 Å². The van der Waals surface area contributed by atoms with Gasteiger partial charge in [0.1, 0.15) is 11.1 Å². The largest absolute Gasteiger partial charge is 0.508 e. The van der Waals surface area contributed by atoms with Gasteiger partial charge in [0.15, 0.2) is 0 Å². The van der Waals surface area contributed by atoms with E-state index in [2.05, 4.69) is 0 Å². The standard InChI is InChI=1S/C21H20N2O2S/c1-22(2)15-8-10-16(11-9-15)23-19(25)13-26-21(23)20-17-6-4-3-5-14(17)7-12-18(20)24/h3-12,21,24H,13H2,1-2H3. The van der Waals surface area contributed by atoms with E-state index in [9.17, 15) is 9.90 Å². The molecule has 3 aromatic carbocycles. The average Bonchev–Trinajstić information content (AvgIpc) is 3.02. The van der Waals surface area contributed by atoms with Crippen molar-refractivity contribution in [3.05, 3.63) is 66.2 Å². The predicted molar refractivity (Wildman–Crippen MR) is 109 cm³/mol. The van der Waals surface area contributed by atoms with E-state index in [1.807, 2.05) is 73.6 Å². The molecule has 0 radical (unpaired) electrons. The highest BCUT2D eigenvalue weighted by Crippen LogP contribution is 2.47. The van der Waals surface area contributed by atoms with E-state index < -0.39 is 0 Å². The van der Waals surface area contributed by atoms with Crippen molar-refractivity contribution in [2.75, 3.05) is 29.6 Å². The van der Waals surface area contributed by atoms with Gasteiger partial charge in [-0.2, -0.15) is 0 Å². The van der Waals surface area contributed by atoms with Gasteiger partial charge < -0.3 is 10.0 Å². The number of benzene rings is 3. The molecule has 132 valence electrons. The zero-order valence-electron chi connectivity index (χ0n) is 14.7. The van der Waals surface area contributed by atoms with Crippen LogP contribution in [0.25, 0.3) is 10.8 Å². The molecule has 1 fully saturated rings. The van der Waals surface area contributed by atoms with Crippen LogP contribution >= 0.6 is 11.8 Å². The van der Waals surface area contributed by atoms with Crippen LogP contribution in [0.3, 0.4) is 0 Å². The van der Waals surface area contributed by atoms with Crippen LogP contribution in [0.2, 0.25) is 0 Å². The molecule has 1 N–H and O–H groups in total. The number of carbonyl (C=O) groups excluding carboxylic acids is 1. The van der Waals surface area contributed by atoms with Crippen molar-refractivity contribution in [1.29, 1.82) is 0 Å². The first-order valence-electron chi connectivity index (χ1n) is 8.48. The van der Waals surface area contributed by atoms with E-state index in [4.69, 9.17) is 0 Å². The Morgan fingerprint density at radius 3 is 2.50 bits per heavy atom. The fraction of sp³-hybridized carbons (Fsp3) is 0.190. The summed E-state index contributed by atoms with van der Waals surface area (Å²) in [4.78, 5) is 16.5. The van der Waals surface area contributed by atoms with Crippen LogP contribution in [0, 0.1) is 0 Å². The summed E-state index contributed by atoms with van der Waals surface area (Å²) in [6.45, 7) is 0. The number of thioether (sulfide) groups is 1. The van der Waals surface area contributed by atoms with E-state index >= 15 is 0 Å². The average molecular weight is 364 g/mol. The Bertz CT molecular complexity index is 969. The Labute approximate surface area is 157 Å². The maximum atomic E-state index is 12.6. The maximum absolute atomic E-state index is 12.6. The molecule has 1 atom stereocenters. The second-order valence-electron chi connectivity index (χ2n) is 6.56. The molecule has 5 heteroatoms. The van der Waals surface area contributed by atoms with Crippen molar-refractivity contribution in [2.45, 2.75) is 5.37 Å². The molecule has 0 aromatic heterocycles. The van der Waals surface area contributed by atoms with E-state index in [-0.39, 0.29) is 17.0 Å². The topological polar surface area (TPSA) is 43.8 Å². The van der Waals surface area contributed by atoms with Gasteiger partial charge in [0.25, 0.3) is 0 Å². The minimum absolute atomic E-state index is 0.0601. The van der Waals surface area contributed by atoms with Crippen molar-refractivity contribution < 1.29 is 9.90 Å². The predicted octanol–water partition coefficient (Wildman–Crippen LogP) is 4.39. The van der Waals surface area contributed by atoms with Crippen molar-refractivity contribution in [3.63, 3.8) is 0 Å². The third-order valence-corrected chi connectivity index (χ3v) is 5.88. The molecule has 4 nitrogen and oxygen atoms in total. The molecule has 26 heavy (non-hydrogen) atoms. The highest BCUT2D eigenvalue weighted by atomic mass is 32.2. The molecule has 1 aliphatic rings. The van der Waals surface area contributed by atoms with E-state index in [1.165, 1.54) is 0 Å². The van der Waals surface area contributed by atoms with E-state index in [0.717, 1.165) is 27.7 Å². The molecule has 1 heterocycles. The molecule has 1 saturated heterocycles. The lowest BCUT2D eigenvalue weighted by molar-refractivity contribution is -0.115. The Morgan fingerprint density at radius 2 is 1.77 bits per heavy atom. The summed E-state index contributed by atoms with van der Waals surface area (Å²) >= 11 is 1.55. The fourth-order valence-corrected chi connectivity index (χ4v) is 4.61. The second kappa shape index (κ2) is 6.57. The first kappa shape index (κ1) is 16.8. The molecule has 1 aliphatic heterocycles. The third kappa shape index (κ3) is 2.78. The molecule has 0 aliphatic carbocycles. The van der Waals surface area contributed by atoms with Crippen LogP contribution in [-0.2, 0) is 4.79 Å². The normalized spacial score (nSPS) is 17.1. The Morgan fingerprint density at radius 1 is 1.04 bits per heavy atom. The monoisotopic (exact) mass is 364 g/mol. The third-order valence-electron chi connectivity index (χ3n) is 4.71. The Kier molecular flexibility index (Phi) is 4.24. The van der Waals surface area contributed by atoms with Gasteiger partial charge in [0, 0.05) is 31.0 Å². The lowest BCUT2D eigenvalue weighted by atomic mass is 10.0. The van der Waals surface area contributed by atoms with Crippen LogP contribution in [-0.4, -0.2) is 30.9 Å². The number of phenolic OH excluding ortho intramolecular Hbond substituents is 1. The first-order chi connectivity index (χ1) is 12.6. The number of hydrogen-bond donors (Lipinski definition) is 1. The summed E-state index contributed by atoms with van der Waals surface area (Å²) in [5, 5.41) is 12.4. The van der Waals surface area contributed by atoms with Crippen molar-refractivity contribution in [1.82, 2.24) is 0 Å². The number of phenols is 1. The Balaban J connectivity index is 1.81. The van der Waals surface area contributed by atoms with Crippen molar-refractivity contribution in [2.24, 2.45) is 0 Å². The number of amides is 1. The van der Waals surface area contributed by atoms with Gasteiger partial charge in [-0.05, 0) is 41.1 Å². The maximum Gasteiger partial charge on any atom is 0.238 e. The minimum Gasteiger partial charge on any atom is -0.508 e. The first-order valence-corrected chi connectivity index (χ1v) is 9.53. The molecule has 3 aromatic rings. The van der Waals surface area contributed by atoms with Gasteiger partial charge >= 0.3 is 0 Å². The minimum atomic E-state index is -0.237. The zero-order valence-corrected chi connectivity index (χ0v) is 15.5. The van der Waals surface area contributed by atoms with Crippen LogP contribution in [0.4, 0.5) is 11.4 Å². The second-order valence-corrected chi connectivity index (χ2v) is 7.63. The summed E-state index contributed by atoms with van der Waals surface area (Å²) in [7, 11) is 3.98. The summed E-state index contributed by atoms with van der Waals surface area (Å²) in [6.07, 6.45) is 0. The summed E-state index contributed by atoms with van der Waals surface area (Å²) in [5.41, 5.74) is 2.73. The molecule has 0 spiro atoms. The van der Waals surface area contributed by atoms with Gasteiger partial charge in [0.05, 0.1) is 5.75 Å². The number of nitrogens with zero attached hydrogens (tertiary/aromatic N) is 2. The van der Waals surface area contributed by atoms with Gasteiger partial charge in [-0.25, -0.2) is 0 Å². The van der Waals surface area contributed by atoms with Gasteiger partial charge in [-0.15, -0.1) is 11.8 Å². The number of fused-ring (bicyclic) bond motifs is 1. The van der Waals surface area contributed by atoms with Crippen LogP contribution in [0.1, 0.15) is 10.9 Å². The zero-order chi connectivity index (χ0) is 18.3. The highest BCUT2D eigenvalue weighted by molar-refractivity contribution is 8.00. The smallest absolute Gasteiger partial charge is 0.238 e. The van der Waals surface area contributed by atoms with E-state index in [0.29, 0.717) is 5.75 Å². The molecule has 0 saturated carbocycles. The van der Waals surface area contributed by atoms with E-state index in [1.54, 1.807) is 22.7 Å².